The van der Waals surface area contributed by atoms with E-state index in [9.17, 15) is 4.79 Å². The largest absolute Gasteiger partial charge is 0.494 e. The maximum absolute atomic E-state index is 12.8. The average molecular weight is 290 g/mol. The van der Waals surface area contributed by atoms with Crippen LogP contribution in [-0.4, -0.2) is 30.5 Å². The van der Waals surface area contributed by atoms with Gasteiger partial charge in [-0.15, -0.1) is 0 Å². The number of hydrogen-bond acceptors (Lipinski definition) is 3. The molecule has 21 heavy (non-hydrogen) atoms. The molecule has 1 fully saturated rings. The molecule has 0 aromatic heterocycles. The zero-order chi connectivity index (χ0) is 15.5. The lowest BCUT2D eigenvalue weighted by Crippen LogP contribution is -2.47. The van der Waals surface area contributed by atoms with Gasteiger partial charge >= 0.3 is 0 Å². The van der Waals surface area contributed by atoms with Gasteiger partial charge in [0.15, 0.2) is 0 Å². The Bertz CT molecular complexity index is 503. The molecule has 116 valence electrons. The predicted molar refractivity (Wildman–Crippen MR) is 84.0 cm³/mol. The summed E-state index contributed by atoms with van der Waals surface area (Å²) in [4.78, 5) is 14.5. The van der Waals surface area contributed by atoms with Crippen LogP contribution in [0.2, 0.25) is 0 Å². The first-order chi connectivity index (χ1) is 9.99. The van der Waals surface area contributed by atoms with E-state index in [1.54, 1.807) is 4.90 Å². The third kappa shape index (κ3) is 3.21. The van der Waals surface area contributed by atoms with Crippen molar-refractivity contribution < 1.29 is 9.53 Å². The zero-order valence-corrected chi connectivity index (χ0v) is 13.3. The number of rotatable bonds is 5. The lowest BCUT2D eigenvalue weighted by atomic mass is 9.83. The van der Waals surface area contributed by atoms with E-state index in [1.165, 1.54) is 0 Å². The molecule has 0 radical (unpaired) electrons. The maximum atomic E-state index is 12.8. The molecule has 2 rings (SSSR count). The van der Waals surface area contributed by atoms with Crippen LogP contribution in [-0.2, 0) is 11.3 Å². The Balaban J connectivity index is 2.11. The molecular formula is C17H26N2O2. The topological polar surface area (TPSA) is 55.6 Å². The molecule has 1 aliphatic carbocycles. The number of benzene rings is 1. The molecule has 1 aliphatic rings. The van der Waals surface area contributed by atoms with Crippen molar-refractivity contribution in [3.8, 4) is 5.75 Å². The van der Waals surface area contributed by atoms with Gasteiger partial charge in [-0.2, -0.15) is 0 Å². The van der Waals surface area contributed by atoms with E-state index in [0.29, 0.717) is 13.2 Å². The predicted octanol–water partition coefficient (Wildman–Crippen LogP) is 2.56. The van der Waals surface area contributed by atoms with Crippen LogP contribution in [0.5, 0.6) is 5.75 Å². The molecule has 0 saturated heterocycles. The second kappa shape index (κ2) is 6.48. The number of nitrogens with zero attached hydrogens (tertiary/aromatic N) is 1. The quantitative estimate of drug-likeness (QED) is 0.906. The van der Waals surface area contributed by atoms with Crippen molar-refractivity contribution in [1.82, 2.24) is 4.90 Å². The van der Waals surface area contributed by atoms with E-state index in [0.717, 1.165) is 30.6 Å². The Kier molecular flexibility index (Phi) is 4.88. The van der Waals surface area contributed by atoms with Gasteiger partial charge in [-0.25, -0.2) is 0 Å². The van der Waals surface area contributed by atoms with Crippen molar-refractivity contribution in [2.24, 2.45) is 11.1 Å². The minimum absolute atomic E-state index is 0.0328. The molecule has 1 aromatic rings. The molecule has 4 nitrogen and oxygen atoms in total. The first-order valence-electron chi connectivity index (χ1n) is 7.71. The van der Waals surface area contributed by atoms with Crippen LogP contribution >= 0.6 is 0 Å². The van der Waals surface area contributed by atoms with E-state index < -0.39 is 5.41 Å². The number of hydrogen-bond donors (Lipinski definition) is 1. The molecule has 4 heteroatoms. The van der Waals surface area contributed by atoms with Gasteiger partial charge in [0, 0.05) is 25.2 Å². The lowest BCUT2D eigenvalue weighted by Gasteiger charge is -2.32. The third-order valence-corrected chi connectivity index (χ3v) is 4.54. The molecule has 0 aliphatic heterocycles. The zero-order valence-electron chi connectivity index (χ0n) is 13.3. The number of carbonyl (C=O) groups is 1. The summed E-state index contributed by atoms with van der Waals surface area (Å²) in [6, 6.07) is 7.84. The lowest BCUT2D eigenvalue weighted by molar-refractivity contribution is -0.140. The smallest absolute Gasteiger partial charge is 0.230 e. The van der Waals surface area contributed by atoms with E-state index >= 15 is 0 Å². The highest BCUT2D eigenvalue weighted by molar-refractivity contribution is 5.83. The highest BCUT2D eigenvalue weighted by Gasteiger charge is 2.44. The van der Waals surface area contributed by atoms with Crippen LogP contribution in [0.15, 0.2) is 24.3 Å². The van der Waals surface area contributed by atoms with Crippen molar-refractivity contribution in [3.05, 3.63) is 29.8 Å². The van der Waals surface area contributed by atoms with Crippen LogP contribution in [0.1, 0.15) is 38.7 Å². The van der Waals surface area contributed by atoms with E-state index in [2.05, 4.69) is 0 Å². The summed E-state index contributed by atoms with van der Waals surface area (Å²) in [5.41, 5.74) is 6.76. The fraction of sp³-hybridized carbons (Fsp3) is 0.588. The highest BCUT2D eigenvalue weighted by Crippen LogP contribution is 2.38. The maximum Gasteiger partial charge on any atom is 0.230 e. The molecule has 0 heterocycles. The molecule has 2 atom stereocenters. The van der Waals surface area contributed by atoms with Crippen LogP contribution in [0.25, 0.3) is 0 Å². The SMILES string of the molecule is CCOc1ccccc1CN(C)C(=O)C1(C)CCCC1N. The van der Waals surface area contributed by atoms with Gasteiger partial charge < -0.3 is 15.4 Å². The fourth-order valence-electron chi connectivity index (χ4n) is 3.15. The summed E-state index contributed by atoms with van der Waals surface area (Å²) in [5.74, 6) is 0.985. The van der Waals surface area contributed by atoms with Crippen LogP contribution in [0.4, 0.5) is 0 Å². The number of carbonyl (C=O) groups excluding carboxylic acids is 1. The van der Waals surface area contributed by atoms with Gasteiger partial charge in [0.25, 0.3) is 0 Å². The molecule has 0 spiro atoms. The normalized spacial score (nSPS) is 24.9. The van der Waals surface area contributed by atoms with Gasteiger partial charge in [0.2, 0.25) is 5.91 Å². The standard InChI is InChI=1S/C17H26N2O2/c1-4-21-14-9-6-5-8-13(14)12-19(3)16(20)17(2)11-7-10-15(17)18/h5-6,8-9,15H,4,7,10-12,18H2,1-3H3. The average Bonchev–Trinajstić information content (AvgIpc) is 2.81. The summed E-state index contributed by atoms with van der Waals surface area (Å²) in [5, 5.41) is 0. The molecule has 1 amide bonds. The van der Waals surface area contributed by atoms with Crippen LogP contribution in [0.3, 0.4) is 0 Å². The van der Waals surface area contributed by atoms with Crippen molar-refractivity contribution in [1.29, 1.82) is 0 Å². The first-order valence-corrected chi connectivity index (χ1v) is 7.71. The van der Waals surface area contributed by atoms with Crippen LogP contribution < -0.4 is 10.5 Å². The monoisotopic (exact) mass is 290 g/mol. The molecule has 1 aromatic carbocycles. The van der Waals surface area contributed by atoms with E-state index in [4.69, 9.17) is 10.5 Å². The molecule has 1 saturated carbocycles. The molecule has 2 N–H and O–H groups in total. The second-order valence-corrected chi connectivity index (χ2v) is 6.12. The van der Waals surface area contributed by atoms with Crippen molar-refractivity contribution in [3.63, 3.8) is 0 Å². The van der Waals surface area contributed by atoms with Gasteiger partial charge in [-0.3, -0.25) is 4.79 Å². The number of amides is 1. The van der Waals surface area contributed by atoms with Crippen LogP contribution in [0, 0.1) is 5.41 Å². The summed E-state index contributed by atoms with van der Waals surface area (Å²) in [6.07, 6.45) is 2.85. The highest BCUT2D eigenvalue weighted by atomic mass is 16.5. The van der Waals surface area contributed by atoms with Crippen molar-refractivity contribution >= 4 is 5.91 Å². The van der Waals surface area contributed by atoms with Gasteiger partial charge in [-0.1, -0.05) is 24.6 Å². The minimum atomic E-state index is -0.421. The summed E-state index contributed by atoms with van der Waals surface area (Å²) in [7, 11) is 1.85. The Morgan fingerprint density at radius 3 is 2.81 bits per heavy atom. The van der Waals surface area contributed by atoms with Gasteiger partial charge in [-0.05, 0) is 32.8 Å². The van der Waals surface area contributed by atoms with Gasteiger partial charge in [0.05, 0.1) is 12.0 Å². The second-order valence-electron chi connectivity index (χ2n) is 6.12. The molecule has 2 unspecified atom stereocenters. The number of ether oxygens (including phenoxy) is 1. The Hall–Kier alpha value is -1.55. The van der Waals surface area contributed by atoms with Crippen molar-refractivity contribution in [2.75, 3.05) is 13.7 Å². The summed E-state index contributed by atoms with van der Waals surface area (Å²) in [6.45, 7) is 5.14. The Labute approximate surface area is 127 Å². The van der Waals surface area contributed by atoms with E-state index in [-0.39, 0.29) is 11.9 Å². The molecular weight excluding hydrogens is 264 g/mol. The van der Waals surface area contributed by atoms with E-state index in [1.807, 2.05) is 45.2 Å². The third-order valence-electron chi connectivity index (χ3n) is 4.54. The minimum Gasteiger partial charge on any atom is -0.494 e. The first kappa shape index (κ1) is 15.8. The number of nitrogens with two attached hydrogens (primary N) is 1. The summed E-state index contributed by atoms with van der Waals surface area (Å²) >= 11 is 0. The Morgan fingerprint density at radius 1 is 1.48 bits per heavy atom. The number of para-hydroxylation sites is 1. The van der Waals surface area contributed by atoms with Crippen molar-refractivity contribution in [2.45, 2.75) is 45.7 Å². The Morgan fingerprint density at radius 2 is 2.19 bits per heavy atom. The summed E-state index contributed by atoms with van der Waals surface area (Å²) < 4.78 is 5.63. The van der Waals surface area contributed by atoms with Gasteiger partial charge in [0.1, 0.15) is 5.75 Å². The fourth-order valence-corrected chi connectivity index (χ4v) is 3.15. The molecule has 0 bridgehead atoms.